The summed E-state index contributed by atoms with van der Waals surface area (Å²) in [6.45, 7) is 2.83. The Morgan fingerprint density at radius 1 is 0.517 bits per heavy atom. The van der Waals surface area contributed by atoms with Gasteiger partial charge in [0, 0.05) is 12.8 Å². The number of carbonyl (C=O) groups excluding carboxylic acids is 2. The molecule has 0 aliphatic rings. The summed E-state index contributed by atoms with van der Waals surface area (Å²) in [6.07, 6.45) is 42.7. The highest BCUT2D eigenvalue weighted by atomic mass is 31.2. The van der Waals surface area contributed by atoms with Crippen LogP contribution in [0.3, 0.4) is 0 Å². The van der Waals surface area contributed by atoms with Gasteiger partial charge in [-0.3, -0.25) is 23.4 Å². The van der Waals surface area contributed by atoms with Gasteiger partial charge in [-0.2, -0.15) is 0 Å². The van der Waals surface area contributed by atoms with Crippen molar-refractivity contribution in [2.75, 3.05) is 19.8 Å². The molecule has 0 fully saturated rings. The number of ether oxygens (including phenoxy) is 2. The maximum Gasteiger partial charge on any atom is 0.472 e. The number of carbonyl (C=O) groups is 3. The lowest BCUT2D eigenvalue weighted by Crippen LogP contribution is -2.34. The first-order valence-electron chi connectivity index (χ1n) is 23.7. The molecule has 0 aromatic heterocycles. The Balaban J connectivity index is 4.26. The van der Waals surface area contributed by atoms with Gasteiger partial charge in [0.1, 0.15) is 12.6 Å². The number of rotatable bonds is 45. The molecule has 58 heavy (non-hydrogen) atoms. The van der Waals surface area contributed by atoms with E-state index in [2.05, 4.69) is 30.5 Å². The van der Waals surface area contributed by atoms with Gasteiger partial charge >= 0.3 is 25.7 Å². The normalized spacial score (nSPS) is 13.7. The van der Waals surface area contributed by atoms with E-state index >= 15 is 0 Å². The van der Waals surface area contributed by atoms with E-state index in [1.54, 1.807) is 0 Å². The molecule has 11 nitrogen and oxygen atoms in total. The van der Waals surface area contributed by atoms with E-state index in [1.807, 2.05) is 0 Å². The average molecular weight is 846 g/mol. The van der Waals surface area contributed by atoms with Crippen LogP contribution in [0, 0.1) is 0 Å². The quantitative estimate of drug-likeness (QED) is 0.0230. The van der Waals surface area contributed by atoms with Crippen LogP contribution in [0.25, 0.3) is 0 Å². The zero-order valence-electron chi connectivity index (χ0n) is 37.2. The fourth-order valence-electron chi connectivity index (χ4n) is 6.77. The number of hydrogen-bond acceptors (Lipinski definition) is 9. The number of phosphoric ester groups is 1. The number of carboxylic acids is 1. The summed E-state index contributed by atoms with van der Waals surface area (Å²) in [6, 6.07) is -1.52. The molecular formula is C46H88NO10P. The van der Waals surface area contributed by atoms with E-state index in [0.717, 1.165) is 57.8 Å². The first-order chi connectivity index (χ1) is 28.1. The van der Waals surface area contributed by atoms with Crippen LogP contribution in [0.2, 0.25) is 0 Å². The minimum Gasteiger partial charge on any atom is -0.480 e. The fourth-order valence-corrected chi connectivity index (χ4v) is 7.55. The number of nitrogens with two attached hydrogens (primary N) is 1. The van der Waals surface area contributed by atoms with Crippen molar-refractivity contribution in [2.45, 2.75) is 244 Å². The number of phosphoric acid groups is 1. The molecule has 0 amide bonds. The van der Waals surface area contributed by atoms with E-state index in [1.165, 1.54) is 135 Å². The predicted molar refractivity (Wildman–Crippen MR) is 236 cm³/mol. The Bertz CT molecular complexity index is 1040. The van der Waals surface area contributed by atoms with Gasteiger partial charge in [-0.25, -0.2) is 4.57 Å². The molecule has 0 saturated heterocycles. The van der Waals surface area contributed by atoms with Crippen molar-refractivity contribution in [2.24, 2.45) is 5.73 Å². The minimum absolute atomic E-state index is 0.155. The van der Waals surface area contributed by atoms with Crippen LogP contribution in [-0.2, 0) is 37.5 Å². The summed E-state index contributed by atoms with van der Waals surface area (Å²) in [4.78, 5) is 46.0. The number of aliphatic carboxylic acids is 1. The van der Waals surface area contributed by atoms with Crippen LogP contribution in [0.1, 0.15) is 232 Å². The molecule has 342 valence electrons. The summed E-state index contributed by atoms with van der Waals surface area (Å²) >= 11 is 0. The van der Waals surface area contributed by atoms with Crippen LogP contribution >= 0.6 is 7.82 Å². The second kappa shape index (κ2) is 41.9. The highest BCUT2D eigenvalue weighted by Crippen LogP contribution is 2.43. The Morgan fingerprint density at radius 2 is 0.862 bits per heavy atom. The Kier molecular flexibility index (Phi) is 40.6. The van der Waals surface area contributed by atoms with Crippen LogP contribution < -0.4 is 5.73 Å². The van der Waals surface area contributed by atoms with Gasteiger partial charge in [0.2, 0.25) is 0 Å². The van der Waals surface area contributed by atoms with Gasteiger partial charge in [0.15, 0.2) is 6.10 Å². The van der Waals surface area contributed by atoms with Crippen LogP contribution in [-0.4, -0.2) is 59.9 Å². The maximum atomic E-state index is 12.6. The van der Waals surface area contributed by atoms with E-state index in [4.69, 9.17) is 24.8 Å². The number of allylic oxidation sites excluding steroid dienone is 2. The molecule has 0 aromatic carbocycles. The van der Waals surface area contributed by atoms with Gasteiger partial charge in [-0.05, 0) is 38.5 Å². The molecule has 0 spiro atoms. The number of esters is 2. The number of unbranched alkanes of at least 4 members (excludes halogenated alkanes) is 29. The predicted octanol–water partition coefficient (Wildman–Crippen LogP) is 12.8. The smallest absolute Gasteiger partial charge is 0.472 e. The monoisotopic (exact) mass is 846 g/mol. The second-order valence-corrected chi connectivity index (χ2v) is 17.7. The third-order valence-corrected chi connectivity index (χ3v) is 11.5. The SMILES string of the molecule is CCCCCCCC/C=C/CCCCCCCC(=O)O[C@H](COC(=O)CCCCCCCCCCCCCCCCCCCCC)COP(=O)(O)OC[C@H](N)C(=O)O. The average Bonchev–Trinajstić information content (AvgIpc) is 3.20. The summed E-state index contributed by atoms with van der Waals surface area (Å²) in [5.74, 6) is -2.37. The van der Waals surface area contributed by atoms with Crippen molar-refractivity contribution < 1.29 is 47.5 Å². The molecule has 0 bridgehead atoms. The number of hydrogen-bond donors (Lipinski definition) is 3. The molecule has 0 aliphatic carbocycles. The van der Waals surface area contributed by atoms with Gasteiger partial charge in [-0.15, -0.1) is 0 Å². The van der Waals surface area contributed by atoms with E-state index in [9.17, 15) is 23.8 Å². The highest BCUT2D eigenvalue weighted by molar-refractivity contribution is 7.47. The molecule has 12 heteroatoms. The summed E-state index contributed by atoms with van der Waals surface area (Å²) in [5, 5.41) is 8.90. The molecule has 0 rings (SSSR count). The van der Waals surface area contributed by atoms with E-state index in [-0.39, 0.29) is 19.4 Å². The zero-order chi connectivity index (χ0) is 42.8. The molecule has 1 unspecified atom stereocenters. The molecule has 0 saturated carbocycles. The summed E-state index contributed by atoms with van der Waals surface area (Å²) in [7, 11) is -4.71. The first-order valence-corrected chi connectivity index (χ1v) is 25.2. The Hall–Kier alpha value is -1.78. The molecular weight excluding hydrogens is 757 g/mol. The minimum atomic E-state index is -4.71. The fraction of sp³-hybridized carbons (Fsp3) is 0.891. The maximum absolute atomic E-state index is 12.6. The van der Waals surface area contributed by atoms with Crippen molar-refractivity contribution in [3.63, 3.8) is 0 Å². The van der Waals surface area contributed by atoms with Gasteiger partial charge in [0.05, 0.1) is 13.2 Å². The van der Waals surface area contributed by atoms with Gasteiger partial charge in [0.25, 0.3) is 0 Å². The topological polar surface area (TPSA) is 172 Å². The molecule has 4 N–H and O–H groups in total. The number of carboxylic acid groups (broad SMARTS) is 1. The third-order valence-electron chi connectivity index (χ3n) is 10.5. The zero-order valence-corrected chi connectivity index (χ0v) is 38.1. The molecule has 0 radical (unpaired) electrons. The highest BCUT2D eigenvalue weighted by Gasteiger charge is 2.28. The second-order valence-electron chi connectivity index (χ2n) is 16.2. The third kappa shape index (κ3) is 41.0. The first kappa shape index (κ1) is 56.2. The molecule has 3 atom stereocenters. The summed E-state index contributed by atoms with van der Waals surface area (Å²) in [5.41, 5.74) is 5.34. The largest absolute Gasteiger partial charge is 0.480 e. The van der Waals surface area contributed by atoms with Gasteiger partial charge < -0.3 is 25.2 Å². The van der Waals surface area contributed by atoms with Crippen molar-refractivity contribution in [1.29, 1.82) is 0 Å². The van der Waals surface area contributed by atoms with Crippen molar-refractivity contribution >= 4 is 25.7 Å². The molecule has 0 aromatic rings. The van der Waals surface area contributed by atoms with E-state index in [0.29, 0.717) is 12.8 Å². The van der Waals surface area contributed by atoms with Crippen molar-refractivity contribution in [3.8, 4) is 0 Å². The lowest BCUT2D eigenvalue weighted by atomic mass is 10.0. The van der Waals surface area contributed by atoms with E-state index < -0.39 is 51.1 Å². The summed E-state index contributed by atoms with van der Waals surface area (Å²) < 4.78 is 32.8. The molecule has 0 heterocycles. The lowest BCUT2D eigenvalue weighted by molar-refractivity contribution is -0.161. The van der Waals surface area contributed by atoms with Crippen LogP contribution in [0.5, 0.6) is 0 Å². The Labute approximate surface area is 354 Å². The standard InChI is InChI=1S/C46H88NO10P/c1-3-5-7-9-11-13-15-17-19-20-21-22-24-25-27-29-31-33-35-37-44(48)54-39-42(40-55-58(52,53)56-41-43(47)46(50)51)57-45(49)38-36-34-32-30-28-26-23-18-16-14-12-10-8-6-4-2/h18,23,42-43H,3-17,19-22,24-41,47H2,1-2H3,(H,50,51)(H,52,53)/b23-18+/t42-,43+/m1/s1. The van der Waals surface area contributed by atoms with Crippen molar-refractivity contribution in [3.05, 3.63) is 12.2 Å². The van der Waals surface area contributed by atoms with Crippen molar-refractivity contribution in [1.82, 2.24) is 0 Å². The molecule has 0 aliphatic heterocycles. The Morgan fingerprint density at radius 3 is 1.26 bits per heavy atom. The van der Waals surface area contributed by atoms with Crippen LogP contribution in [0.15, 0.2) is 12.2 Å². The van der Waals surface area contributed by atoms with Gasteiger partial charge in [-0.1, -0.05) is 193 Å². The van der Waals surface area contributed by atoms with Crippen LogP contribution in [0.4, 0.5) is 0 Å². The lowest BCUT2D eigenvalue weighted by Gasteiger charge is -2.20.